The van der Waals surface area contributed by atoms with Gasteiger partial charge in [-0.3, -0.25) is 0 Å². The van der Waals surface area contributed by atoms with Crippen LogP contribution in [0, 0.1) is 0 Å². The van der Waals surface area contributed by atoms with E-state index in [0.29, 0.717) is 0 Å². The number of rotatable bonds is 4. The summed E-state index contributed by atoms with van der Waals surface area (Å²) in [6.07, 6.45) is 1.83. The van der Waals surface area contributed by atoms with Crippen LogP contribution in [0.3, 0.4) is 0 Å². The number of nitrogens with zero attached hydrogens (tertiary/aromatic N) is 2. The number of fused-ring (bicyclic) bond motifs is 9. The van der Waals surface area contributed by atoms with E-state index in [-0.39, 0.29) is 0 Å². The van der Waals surface area contributed by atoms with E-state index >= 15 is 0 Å². The maximum Gasteiger partial charge on any atom is 0.0503 e. The van der Waals surface area contributed by atoms with Gasteiger partial charge < -0.3 is 9.80 Å². The maximum atomic E-state index is 2.45. The van der Waals surface area contributed by atoms with Crippen LogP contribution in [0.15, 0.2) is 206 Å². The second-order valence-electron chi connectivity index (χ2n) is 15.7. The van der Waals surface area contributed by atoms with Gasteiger partial charge in [0.15, 0.2) is 0 Å². The second-order valence-corrected chi connectivity index (χ2v) is 15.7. The summed E-state index contributed by atoms with van der Waals surface area (Å²) in [5, 5.41) is 7.63. The molecule has 0 amide bonds. The fraction of sp³-hybridized carbons (Fsp3) is 0.0357. The van der Waals surface area contributed by atoms with Gasteiger partial charge >= 0.3 is 0 Å². The zero-order valence-electron chi connectivity index (χ0n) is 31.9. The standard InChI is InChI=1S/C56H38N2/c1-3-17-44(18-4-1)57-52-25-13-7-15-39(52)31-41-29-27-37(35-54(41)57)50-33-43-34-51(47-22-10-12-24-49(47)56(43)48-23-11-9-21-46(48)50)38-28-30-42-32-40-16-8-14-26-53(40)58(55(42)36-38)45-19-5-2-6-20-45/h1-30,33-36H,31-32H2. The first-order chi connectivity index (χ1) is 28.8. The first-order valence-electron chi connectivity index (χ1n) is 20.3. The van der Waals surface area contributed by atoms with Crippen molar-refractivity contribution in [2.75, 3.05) is 9.80 Å². The number of anilines is 6. The van der Waals surface area contributed by atoms with Gasteiger partial charge in [0, 0.05) is 35.6 Å². The molecule has 0 spiro atoms. The van der Waals surface area contributed by atoms with Gasteiger partial charge in [-0.15, -0.1) is 0 Å². The average molecular weight is 739 g/mol. The fourth-order valence-corrected chi connectivity index (χ4v) is 9.77. The Labute approximate surface area is 338 Å². The Balaban J connectivity index is 1.07. The normalized spacial score (nSPS) is 13.0. The van der Waals surface area contributed by atoms with E-state index in [2.05, 4.69) is 216 Å². The molecule has 0 saturated heterocycles. The van der Waals surface area contributed by atoms with Gasteiger partial charge in [-0.2, -0.15) is 0 Å². The molecule has 12 rings (SSSR count). The Bertz CT molecular complexity index is 3020. The summed E-state index contributed by atoms with van der Waals surface area (Å²) in [5.41, 5.74) is 17.6. The summed E-state index contributed by atoms with van der Waals surface area (Å²) in [4.78, 5) is 4.89. The maximum absolute atomic E-state index is 2.45. The van der Waals surface area contributed by atoms with Crippen LogP contribution in [0.25, 0.3) is 54.6 Å². The summed E-state index contributed by atoms with van der Waals surface area (Å²) in [6, 6.07) is 76.4. The van der Waals surface area contributed by atoms with Gasteiger partial charge in [-0.25, -0.2) is 0 Å². The molecule has 2 nitrogen and oxygen atoms in total. The molecule has 10 aromatic rings. The van der Waals surface area contributed by atoms with Crippen molar-refractivity contribution < 1.29 is 0 Å². The van der Waals surface area contributed by atoms with E-state index in [4.69, 9.17) is 0 Å². The molecule has 2 heterocycles. The van der Waals surface area contributed by atoms with E-state index in [1.54, 1.807) is 0 Å². The summed E-state index contributed by atoms with van der Waals surface area (Å²) in [7, 11) is 0. The lowest BCUT2D eigenvalue weighted by atomic mass is 9.86. The third-order valence-corrected chi connectivity index (χ3v) is 12.4. The number of benzene rings is 10. The predicted octanol–water partition coefficient (Wildman–Crippen LogP) is 15.2. The van der Waals surface area contributed by atoms with Crippen LogP contribution in [-0.4, -0.2) is 0 Å². The molecule has 272 valence electrons. The first-order valence-corrected chi connectivity index (χ1v) is 20.3. The molecule has 0 bridgehead atoms. The van der Waals surface area contributed by atoms with Crippen LogP contribution in [0.1, 0.15) is 22.3 Å². The smallest absolute Gasteiger partial charge is 0.0503 e. The van der Waals surface area contributed by atoms with Gasteiger partial charge in [0.2, 0.25) is 0 Å². The Morgan fingerprint density at radius 3 is 1.14 bits per heavy atom. The van der Waals surface area contributed by atoms with Gasteiger partial charge in [0.05, 0.1) is 11.4 Å². The van der Waals surface area contributed by atoms with Gasteiger partial charge in [-0.1, -0.05) is 146 Å². The van der Waals surface area contributed by atoms with Crippen molar-refractivity contribution in [3.8, 4) is 22.3 Å². The Morgan fingerprint density at radius 2 is 0.672 bits per heavy atom. The molecule has 10 aromatic carbocycles. The molecule has 0 aromatic heterocycles. The number of para-hydroxylation sites is 4. The molecular formula is C56H38N2. The van der Waals surface area contributed by atoms with Crippen molar-refractivity contribution in [3.05, 3.63) is 229 Å². The number of hydrogen-bond donors (Lipinski definition) is 0. The SMILES string of the molecule is c1ccc(N2c3ccccc3Cc3ccc(-c4cc5cc(-c6ccc7c(c6)N(c6ccccc6)c6ccccc6C7)c6ccccc6c5c5ccccc45)cc32)cc1. The van der Waals surface area contributed by atoms with Crippen LogP contribution < -0.4 is 9.80 Å². The number of hydrogen-bond acceptors (Lipinski definition) is 2. The van der Waals surface area contributed by atoms with Gasteiger partial charge in [0.1, 0.15) is 0 Å². The van der Waals surface area contributed by atoms with E-state index < -0.39 is 0 Å². The second kappa shape index (κ2) is 13.1. The van der Waals surface area contributed by atoms with Crippen molar-refractivity contribution in [2.24, 2.45) is 0 Å². The average Bonchev–Trinajstić information content (AvgIpc) is 3.29. The molecule has 0 unspecified atom stereocenters. The molecule has 0 N–H and O–H groups in total. The lowest BCUT2D eigenvalue weighted by Crippen LogP contribution is -2.18. The van der Waals surface area contributed by atoms with Crippen molar-refractivity contribution in [3.63, 3.8) is 0 Å². The van der Waals surface area contributed by atoms with Crippen molar-refractivity contribution in [1.82, 2.24) is 0 Å². The molecule has 2 heteroatoms. The molecule has 0 fully saturated rings. The highest BCUT2D eigenvalue weighted by Crippen LogP contribution is 2.49. The quantitative estimate of drug-likeness (QED) is 0.166. The molecule has 0 radical (unpaired) electrons. The summed E-state index contributed by atoms with van der Waals surface area (Å²) >= 11 is 0. The van der Waals surface area contributed by atoms with Crippen molar-refractivity contribution in [1.29, 1.82) is 0 Å². The minimum atomic E-state index is 0.914. The van der Waals surface area contributed by atoms with Crippen LogP contribution in [0.4, 0.5) is 34.1 Å². The van der Waals surface area contributed by atoms with Gasteiger partial charge in [0.25, 0.3) is 0 Å². The van der Waals surface area contributed by atoms with E-state index in [9.17, 15) is 0 Å². The molecule has 0 aliphatic carbocycles. The van der Waals surface area contributed by atoms with E-state index in [0.717, 1.165) is 12.8 Å². The molecule has 58 heavy (non-hydrogen) atoms. The topological polar surface area (TPSA) is 6.48 Å². The Hall–Kier alpha value is -7.42. The van der Waals surface area contributed by atoms with E-state index in [1.165, 1.54) is 111 Å². The minimum absolute atomic E-state index is 0.914. The fourth-order valence-electron chi connectivity index (χ4n) is 9.77. The van der Waals surface area contributed by atoms with Crippen molar-refractivity contribution in [2.45, 2.75) is 12.8 Å². The molecule has 0 saturated carbocycles. The highest BCUT2D eigenvalue weighted by Gasteiger charge is 2.27. The molecule has 2 aliphatic heterocycles. The Morgan fingerprint density at radius 1 is 0.293 bits per heavy atom. The Kier molecular flexibility index (Phi) is 7.39. The predicted molar refractivity (Wildman–Crippen MR) is 245 cm³/mol. The van der Waals surface area contributed by atoms with Crippen LogP contribution in [-0.2, 0) is 12.8 Å². The third kappa shape index (κ3) is 5.12. The summed E-state index contributed by atoms with van der Waals surface area (Å²) < 4.78 is 0. The lowest BCUT2D eigenvalue weighted by molar-refractivity contribution is 1.09. The highest BCUT2D eigenvalue weighted by molar-refractivity contribution is 6.26. The van der Waals surface area contributed by atoms with E-state index in [1.807, 2.05) is 0 Å². The van der Waals surface area contributed by atoms with Gasteiger partial charge in [-0.05, 0) is 137 Å². The zero-order valence-corrected chi connectivity index (χ0v) is 31.9. The summed E-state index contributed by atoms with van der Waals surface area (Å²) in [6.45, 7) is 0. The lowest BCUT2D eigenvalue weighted by Gasteiger charge is -2.34. The minimum Gasteiger partial charge on any atom is -0.310 e. The largest absolute Gasteiger partial charge is 0.310 e. The van der Waals surface area contributed by atoms with Crippen LogP contribution >= 0.6 is 0 Å². The zero-order chi connectivity index (χ0) is 38.2. The van der Waals surface area contributed by atoms with Crippen molar-refractivity contribution >= 4 is 66.4 Å². The molecular weight excluding hydrogens is 701 g/mol. The van der Waals surface area contributed by atoms with Crippen LogP contribution in [0.2, 0.25) is 0 Å². The first kappa shape index (κ1) is 32.8. The highest BCUT2D eigenvalue weighted by atomic mass is 15.2. The molecule has 0 atom stereocenters. The monoisotopic (exact) mass is 738 g/mol. The molecule has 2 aliphatic rings. The third-order valence-electron chi connectivity index (χ3n) is 12.4. The van der Waals surface area contributed by atoms with Crippen LogP contribution in [0.5, 0.6) is 0 Å². The summed E-state index contributed by atoms with van der Waals surface area (Å²) in [5.74, 6) is 0.